The van der Waals surface area contributed by atoms with Gasteiger partial charge in [0.05, 0.1) is 17.3 Å². The van der Waals surface area contributed by atoms with E-state index < -0.39 is 15.9 Å². The first-order valence-electron chi connectivity index (χ1n) is 6.23. The number of rotatable bonds is 5. The Labute approximate surface area is 118 Å². The molecular weight excluding hydrogens is 278 g/mol. The van der Waals surface area contributed by atoms with Gasteiger partial charge in [0.1, 0.15) is 21.5 Å². The Balaban J connectivity index is 2.23. The van der Waals surface area contributed by atoms with Crippen molar-refractivity contribution in [1.29, 1.82) is 0 Å². The van der Waals surface area contributed by atoms with Crippen LogP contribution in [0.1, 0.15) is 18.3 Å². The van der Waals surface area contributed by atoms with E-state index in [1.807, 2.05) is 31.1 Å². The van der Waals surface area contributed by atoms with Gasteiger partial charge in [0.2, 0.25) is 0 Å². The Morgan fingerprint density at radius 3 is 2.65 bits per heavy atom. The van der Waals surface area contributed by atoms with Gasteiger partial charge in [0.15, 0.2) is 5.65 Å². The van der Waals surface area contributed by atoms with Gasteiger partial charge < -0.3 is 15.6 Å². The lowest BCUT2D eigenvalue weighted by Gasteiger charge is -2.09. The van der Waals surface area contributed by atoms with Crippen LogP contribution in [-0.2, 0) is 9.84 Å². The lowest BCUT2D eigenvalue weighted by atomic mass is 10.2. The summed E-state index contributed by atoms with van der Waals surface area (Å²) < 4.78 is 22.3. The fraction of sp³-hybridized carbons (Fsp3) is 0.500. The third-order valence-corrected chi connectivity index (χ3v) is 3.94. The molecule has 0 aromatic carbocycles. The lowest BCUT2D eigenvalue weighted by Crippen LogP contribution is -2.16. The van der Waals surface area contributed by atoms with E-state index in [-0.39, 0.29) is 5.75 Å². The minimum Gasteiger partial charge on any atom is -0.363 e. The Morgan fingerprint density at radius 1 is 1.35 bits per heavy atom. The van der Waals surface area contributed by atoms with Gasteiger partial charge in [-0.2, -0.15) is 0 Å². The number of nitrogens with two attached hydrogens (primary N) is 1. The summed E-state index contributed by atoms with van der Waals surface area (Å²) >= 11 is 0. The van der Waals surface area contributed by atoms with Crippen molar-refractivity contribution in [3.05, 3.63) is 18.0 Å². The fourth-order valence-electron chi connectivity index (χ4n) is 1.80. The summed E-state index contributed by atoms with van der Waals surface area (Å²) in [4.78, 5) is 13.7. The Kier molecular flexibility index (Phi) is 3.96. The first-order chi connectivity index (χ1) is 9.26. The number of nitrogens with one attached hydrogen (secondary N) is 1. The molecule has 0 saturated heterocycles. The number of hydrogen-bond acceptors (Lipinski definition) is 6. The molecule has 2 rings (SSSR count). The predicted octanol–water partition coefficient (Wildman–Crippen LogP) is 0.458. The molecule has 110 valence electrons. The molecule has 0 fully saturated rings. The van der Waals surface area contributed by atoms with Crippen LogP contribution in [0.5, 0.6) is 0 Å². The molecule has 3 N–H and O–H groups in total. The molecule has 0 amide bonds. The number of sulfone groups is 1. The van der Waals surface area contributed by atoms with Gasteiger partial charge in [0, 0.05) is 20.4 Å². The van der Waals surface area contributed by atoms with Crippen molar-refractivity contribution in [2.24, 2.45) is 5.73 Å². The minimum absolute atomic E-state index is 0.0432. The molecule has 8 heteroatoms. The summed E-state index contributed by atoms with van der Waals surface area (Å²) in [5.41, 5.74) is 7.34. The van der Waals surface area contributed by atoms with Crippen LogP contribution in [0, 0.1) is 0 Å². The third-order valence-electron chi connectivity index (χ3n) is 2.96. The van der Waals surface area contributed by atoms with Gasteiger partial charge in [-0.05, 0) is 18.6 Å². The highest BCUT2D eigenvalue weighted by Crippen LogP contribution is 2.18. The number of imidazole rings is 1. The van der Waals surface area contributed by atoms with Gasteiger partial charge in [0.25, 0.3) is 0 Å². The molecule has 0 radical (unpaired) electrons. The first-order valence-corrected chi connectivity index (χ1v) is 8.29. The monoisotopic (exact) mass is 297 g/mol. The van der Waals surface area contributed by atoms with Crippen LogP contribution in [0.3, 0.4) is 0 Å². The molecule has 2 heterocycles. The second-order valence-corrected chi connectivity index (χ2v) is 7.34. The summed E-state index contributed by atoms with van der Waals surface area (Å²) in [7, 11) is 0.786. The number of nitrogens with zero attached hydrogens (tertiary/aromatic N) is 3. The van der Waals surface area contributed by atoms with Gasteiger partial charge in [-0.25, -0.2) is 18.4 Å². The van der Waals surface area contributed by atoms with Gasteiger partial charge in [-0.3, -0.25) is 0 Å². The van der Waals surface area contributed by atoms with Crippen molar-refractivity contribution in [2.45, 2.75) is 12.5 Å². The zero-order chi connectivity index (χ0) is 14.9. The second kappa shape index (κ2) is 5.37. The van der Waals surface area contributed by atoms with Crippen LogP contribution in [0.4, 0.5) is 5.82 Å². The number of fused-ring (bicyclic) bond motifs is 1. The van der Waals surface area contributed by atoms with Crippen molar-refractivity contribution >= 4 is 26.8 Å². The molecule has 0 saturated carbocycles. The molecule has 1 unspecified atom stereocenters. The fourth-order valence-corrected chi connectivity index (χ4v) is 2.49. The van der Waals surface area contributed by atoms with Crippen LogP contribution >= 0.6 is 0 Å². The molecule has 2 aromatic rings. The Bertz CT molecular complexity index is 708. The molecule has 0 aliphatic rings. The van der Waals surface area contributed by atoms with E-state index in [1.54, 1.807) is 0 Å². The van der Waals surface area contributed by atoms with E-state index in [4.69, 9.17) is 5.73 Å². The van der Waals surface area contributed by atoms with E-state index >= 15 is 0 Å². The van der Waals surface area contributed by atoms with Crippen LogP contribution in [0.25, 0.3) is 11.2 Å². The van der Waals surface area contributed by atoms with Crippen molar-refractivity contribution in [3.8, 4) is 0 Å². The highest BCUT2D eigenvalue weighted by atomic mass is 32.2. The summed E-state index contributed by atoms with van der Waals surface area (Å²) in [6.07, 6.45) is 1.53. The minimum atomic E-state index is -3.02. The number of anilines is 1. The van der Waals surface area contributed by atoms with E-state index in [2.05, 4.69) is 15.0 Å². The number of hydrogen-bond donors (Lipinski definition) is 2. The third kappa shape index (κ3) is 3.45. The van der Waals surface area contributed by atoms with Crippen LogP contribution in [0.15, 0.2) is 12.1 Å². The van der Waals surface area contributed by atoms with E-state index in [9.17, 15) is 8.42 Å². The average Bonchev–Trinajstić information content (AvgIpc) is 2.77. The molecule has 1 atom stereocenters. The topological polar surface area (TPSA) is 105 Å². The summed E-state index contributed by atoms with van der Waals surface area (Å²) in [6, 6.07) is 3.32. The van der Waals surface area contributed by atoms with Crippen molar-refractivity contribution < 1.29 is 8.42 Å². The SMILES string of the molecule is CN(C)c1ccc2[nH]c(C(N)CCS(C)(=O)=O)nc2n1. The van der Waals surface area contributed by atoms with Crippen LogP contribution in [-0.4, -0.2) is 49.5 Å². The number of H-pyrrole nitrogens is 1. The number of aromatic amines is 1. The number of aromatic nitrogens is 3. The normalized spacial score (nSPS) is 13.6. The highest BCUT2D eigenvalue weighted by molar-refractivity contribution is 7.90. The Hall–Kier alpha value is -1.67. The molecule has 0 bridgehead atoms. The summed E-state index contributed by atoms with van der Waals surface area (Å²) in [5, 5.41) is 0. The van der Waals surface area contributed by atoms with Crippen molar-refractivity contribution in [1.82, 2.24) is 15.0 Å². The molecule has 0 aliphatic carbocycles. The van der Waals surface area contributed by atoms with Crippen LogP contribution in [0.2, 0.25) is 0 Å². The first kappa shape index (κ1) is 14.7. The van der Waals surface area contributed by atoms with Crippen molar-refractivity contribution in [2.75, 3.05) is 31.0 Å². The van der Waals surface area contributed by atoms with Gasteiger partial charge in [-0.15, -0.1) is 0 Å². The predicted molar refractivity (Wildman–Crippen MR) is 79.5 cm³/mol. The Morgan fingerprint density at radius 2 is 2.05 bits per heavy atom. The maximum atomic E-state index is 11.2. The highest BCUT2D eigenvalue weighted by Gasteiger charge is 2.15. The maximum absolute atomic E-state index is 11.2. The maximum Gasteiger partial charge on any atom is 0.179 e. The largest absolute Gasteiger partial charge is 0.363 e. The standard InChI is InChI=1S/C12H19N5O2S/c1-17(2)10-5-4-9-12(15-10)16-11(14-9)8(13)6-7-20(3,18)19/h4-5,8H,6-7,13H2,1-3H3,(H,14,15,16). The lowest BCUT2D eigenvalue weighted by molar-refractivity contribution is 0.588. The molecule has 7 nitrogen and oxygen atoms in total. The molecule has 0 aliphatic heterocycles. The van der Waals surface area contributed by atoms with Gasteiger partial charge in [-0.1, -0.05) is 0 Å². The number of pyridine rings is 1. The molecular formula is C12H19N5O2S. The quantitative estimate of drug-likeness (QED) is 0.830. The van der Waals surface area contributed by atoms with E-state index in [1.165, 1.54) is 6.26 Å². The van der Waals surface area contributed by atoms with E-state index in [0.717, 1.165) is 11.3 Å². The summed E-state index contributed by atoms with van der Waals surface area (Å²) in [5.74, 6) is 1.41. The molecule has 2 aromatic heterocycles. The van der Waals surface area contributed by atoms with E-state index in [0.29, 0.717) is 17.9 Å². The summed E-state index contributed by atoms with van der Waals surface area (Å²) in [6.45, 7) is 0. The smallest absolute Gasteiger partial charge is 0.179 e. The molecule has 0 spiro atoms. The zero-order valence-corrected chi connectivity index (χ0v) is 12.6. The second-order valence-electron chi connectivity index (χ2n) is 5.08. The van der Waals surface area contributed by atoms with Crippen LogP contribution < -0.4 is 10.6 Å². The average molecular weight is 297 g/mol. The zero-order valence-electron chi connectivity index (χ0n) is 11.8. The molecule has 20 heavy (non-hydrogen) atoms. The van der Waals surface area contributed by atoms with Gasteiger partial charge >= 0.3 is 0 Å². The van der Waals surface area contributed by atoms with Crippen molar-refractivity contribution in [3.63, 3.8) is 0 Å².